The number of aromatic amines is 1. The fourth-order valence-corrected chi connectivity index (χ4v) is 5.93. The highest BCUT2D eigenvalue weighted by Gasteiger charge is 2.56. The topological polar surface area (TPSA) is 163 Å². The molecule has 0 aliphatic carbocycles. The van der Waals surface area contributed by atoms with E-state index in [9.17, 15) is 18.0 Å². The van der Waals surface area contributed by atoms with E-state index in [1.807, 2.05) is 0 Å². The number of hydrogen-bond acceptors (Lipinski definition) is 7. The van der Waals surface area contributed by atoms with Crippen LogP contribution in [-0.4, -0.2) is 71.7 Å². The molecule has 4 N–H and O–H groups in total. The van der Waals surface area contributed by atoms with Crippen molar-refractivity contribution in [3.63, 3.8) is 0 Å². The second-order valence-electron chi connectivity index (χ2n) is 7.81. The van der Waals surface area contributed by atoms with E-state index in [0.717, 1.165) is 4.90 Å². The summed E-state index contributed by atoms with van der Waals surface area (Å²) < 4.78 is 32.5. The monoisotopic (exact) mass is 448 g/mol. The van der Waals surface area contributed by atoms with Gasteiger partial charge in [-0.15, -0.1) is 0 Å². The maximum absolute atomic E-state index is 13.2. The predicted molar refractivity (Wildman–Crippen MR) is 111 cm³/mol. The molecule has 4 rings (SSSR count). The third-order valence-corrected chi connectivity index (χ3v) is 7.65. The first-order valence-corrected chi connectivity index (χ1v) is 11.4. The van der Waals surface area contributed by atoms with Crippen molar-refractivity contribution in [3.8, 4) is 0 Å². The van der Waals surface area contributed by atoms with Gasteiger partial charge in [0.15, 0.2) is 0 Å². The Morgan fingerprint density at radius 2 is 2.10 bits per heavy atom. The van der Waals surface area contributed by atoms with E-state index in [1.165, 1.54) is 11.4 Å². The lowest BCUT2D eigenvalue weighted by atomic mass is 9.88. The molecule has 2 aliphatic heterocycles. The van der Waals surface area contributed by atoms with Gasteiger partial charge >= 0.3 is 6.09 Å². The molecular formula is C19H24N6O5S. The highest BCUT2D eigenvalue weighted by molar-refractivity contribution is 7.89. The Morgan fingerprint density at radius 1 is 1.35 bits per heavy atom. The van der Waals surface area contributed by atoms with Gasteiger partial charge in [-0.3, -0.25) is 10.2 Å². The summed E-state index contributed by atoms with van der Waals surface area (Å²) >= 11 is 0. The number of imide groups is 1. The number of amides is 2. The highest BCUT2D eigenvalue weighted by Crippen LogP contribution is 2.41. The molecule has 3 unspecified atom stereocenters. The van der Waals surface area contributed by atoms with E-state index in [4.69, 9.17) is 15.9 Å². The van der Waals surface area contributed by atoms with Gasteiger partial charge in [-0.05, 0) is 25.0 Å². The normalized spacial score (nSPS) is 24.0. The lowest BCUT2D eigenvalue weighted by Gasteiger charge is -2.22. The van der Waals surface area contributed by atoms with Crippen LogP contribution >= 0.6 is 0 Å². The van der Waals surface area contributed by atoms with Crippen molar-refractivity contribution < 1.29 is 22.7 Å². The van der Waals surface area contributed by atoms with Gasteiger partial charge in [0.25, 0.3) is 10.0 Å². The largest absolute Gasteiger partial charge is 0.452 e. The van der Waals surface area contributed by atoms with Crippen molar-refractivity contribution in [1.29, 1.82) is 5.41 Å². The van der Waals surface area contributed by atoms with Gasteiger partial charge in [0.1, 0.15) is 0 Å². The zero-order chi connectivity index (χ0) is 22.3. The zero-order valence-corrected chi connectivity index (χ0v) is 17.8. The second-order valence-corrected chi connectivity index (χ2v) is 9.67. The maximum atomic E-state index is 13.2. The number of amidine groups is 1. The van der Waals surface area contributed by atoms with Crippen LogP contribution in [0.25, 0.3) is 11.0 Å². The fraction of sp³-hybridized carbons (Fsp3) is 0.474. The minimum atomic E-state index is -3.95. The molecule has 2 aliphatic rings. The second kappa shape index (κ2) is 7.93. The molecule has 3 atom stereocenters. The van der Waals surface area contributed by atoms with E-state index in [-0.39, 0.29) is 35.9 Å². The number of methoxy groups -OCH3 is 1. The average Bonchev–Trinajstić information content (AvgIpc) is 3.41. The molecule has 31 heavy (non-hydrogen) atoms. The number of carbonyl (C=O) groups excluding carboxylic acids is 2. The number of likely N-dealkylation sites (tertiary alicyclic amines) is 1. The first kappa shape index (κ1) is 21.2. The van der Waals surface area contributed by atoms with Gasteiger partial charge in [0.05, 0.1) is 30.0 Å². The highest BCUT2D eigenvalue weighted by atomic mass is 32.2. The Hall–Kier alpha value is -2.99. The predicted octanol–water partition coefficient (Wildman–Crippen LogP) is 0.883. The van der Waals surface area contributed by atoms with E-state index >= 15 is 0 Å². The van der Waals surface area contributed by atoms with Gasteiger partial charge in [-0.25, -0.2) is 23.1 Å². The Labute approximate surface area is 179 Å². The number of carbonyl (C=O) groups is 2. The van der Waals surface area contributed by atoms with Crippen LogP contribution in [0.2, 0.25) is 0 Å². The van der Waals surface area contributed by atoms with Gasteiger partial charge < -0.3 is 15.5 Å². The number of nitrogens with two attached hydrogens (primary N) is 1. The number of nitrogens with zero attached hydrogens (tertiary/aromatic N) is 3. The molecule has 166 valence electrons. The van der Waals surface area contributed by atoms with Crippen molar-refractivity contribution in [3.05, 3.63) is 24.3 Å². The first-order chi connectivity index (χ1) is 14.7. The van der Waals surface area contributed by atoms with Gasteiger partial charge in [0, 0.05) is 31.3 Å². The zero-order valence-electron chi connectivity index (χ0n) is 16.9. The first-order valence-electron chi connectivity index (χ1n) is 9.93. The summed E-state index contributed by atoms with van der Waals surface area (Å²) in [5.41, 5.74) is 6.55. The summed E-state index contributed by atoms with van der Waals surface area (Å²) in [6, 6.07) is 6.39. The van der Waals surface area contributed by atoms with Gasteiger partial charge in [0.2, 0.25) is 11.1 Å². The summed E-state index contributed by atoms with van der Waals surface area (Å²) in [4.78, 5) is 33.3. The number of ether oxygens (including phenoxy) is 1. The van der Waals surface area contributed by atoms with Crippen LogP contribution in [0, 0.1) is 17.2 Å². The minimum Gasteiger partial charge on any atom is -0.452 e. The molecule has 12 heteroatoms. The summed E-state index contributed by atoms with van der Waals surface area (Å²) in [6.45, 7) is 0.0715. The maximum Gasteiger partial charge on any atom is 0.416 e. The van der Waals surface area contributed by atoms with Crippen molar-refractivity contribution in [2.45, 2.75) is 30.5 Å². The van der Waals surface area contributed by atoms with Crippen LogP contribution in [0.15, 0.2) is 29.4 Å². The van der Waals surface area contributed by atoms with Crippen molar-refractivity contribution in [2.75, 3.05) is 20.2 Å². The quantitative estimate of drug-likeness (QED) is 0.436. The number of hydrogen-bond donors (Lipinski definition) is 3. The number of H-pyrrole nitrogens is 1. The van der Waals surface area contributed by atoms with E-state index in [1.54, 1.807) is 24.3 Å². The molecule has 0 bridgehead atoms. The molecule has 2 fully saturated rings. The molecule has 0 spiro atoms. The van der Waals surface area contributed by atoms with E-state index in [0.29, 0.717) is 30.3 Å². The number of aromatic nitrogens is 2. The number of fused-ring (bicyclic) bond motifs is 2. The van der Waals surface area contributed by atoms with E-state index in [2.05, 4.69) is 9.97 Å². The molecule has 3 heterocycles. The molecule has 0 radical (unpaired) electrons. The average molecular weight is 449 g/mol. The molecule has 1 aromatic carbocycles. The summed E-state index contributed by atoms with van der Waals surface area (Å²) in [7, 11) is -2.76. The molecule has 0 saturated carbocycles. The Kier molecular flexibility index (Phi) is 5.43. The van der Waals surface area contributed by atoms with Crippen LogP contribution in [0.4, 0.5) is 4.79 Å². The lowest BCUT2D eigenvalue weighted by molar-refractivity contribution is -0.130. The minimum absolute atomic E-state index is 0.0197. The number of rotatable bonds is 6. The van der Waals surface area contributed by atoms with Crippen molar-refractivity contribution in [1.82, 2.24) is 19.2 Å². The van der Waals surface area contributed by atoms with E-state index < -0.39 is 28.1 Å². The van der Waals surface area contributed by atoms with Gasteiger partial charge in [-0.1, -0.05) is 12.1 Å². The standard InChI is InChI=1S/C19H24N6O5S/c1-30-19(27)25-15-10-24(9-12(15)11(17(25)26)5-4-8-16(20)21)31(28,29)18-22-13-6-2-3-7-14(13)23-18/h2-3,6-7,11-12,15H,4-5,8-10H2,1H3,(H3,20,21)(H,22,23). The lowest BCUT2D eigenvalue weighted by Crippen LogP contribution is -2.43. The summed E-state index contributed by atoms with van der Waals surface area (Å²) in [5, 5.41) is 7.20. The number of sulfonamides is 1. The van der Waals surface area contributed by atoms with Crippen LogP contribution in [-0.2, 0) is 19.6 Å². The molecule has 2 amide bonds. The molecule has 11 nitrogen and oxygen atoms in total. The van der Waals surface area contributed by atoms with Crippen LogP contribution in [0.1, 0.15) is 19.3 Å². The van der Waals surface area contributed by atoms with Crippen LogP contribution in [0.3, 0.4) is 0 Å². The number of para-hydroxylation sites is 2. The SMILES string of the molecule is COC(=O)N1C(=O)C(CCCC(=N)N)C2CN(S(=O)(=O)c3nc4ccccc4[nH]3)CC21. The fourth-order valence-electron chi connectivity index (χ4n) is 4.51. The number of nitrogens with one attached hydrogen (secondary N) is 2. The number of imidazole rings is 1. The smallest absolute Gasteiger partial charge is 0.416 e. The van der Waals surface area contributed by atoms with Crippen molar-refractivity contribution in [2.24, 2.45) is 17.6 Å². The summed E-state index contributed by atoms with van der Waals surface area (Å²) in [5.74, 6) is -1.25. The van der Waals surface area contributed by atoms with Crippen molar-refractivity contribution >= 4 is 38.9 Å². The van der Waals surface area contributed by atoms with Crippen LogP contribution in [0.5, 0.6) is 0 Å². The Bertz CT molecular complexity index is 1110. The van der Waals surface area contributed by atoms with Gasteiger partial charge in [-0.2, -0.15) is 4.31 Å². The molecular weight excluding hydrogens is 424 g/mol. The Morgan fingerprint density at radius 3 is 2.77 bits per heavy atom. The molecule has 2 saturated heterocycles. The summed E-state index contributed by atoms with van der Waals surface area (Å²) in [6.07, 6.45) is 0.448. The third kappa shape index (κ3) is 3.65. The Balaban J connectivity index is 1.61. The van der Waals surface area contributed by atoms with Crippen LogP contribution < -0.4 is 5.73 Å². The molecule has 2 aromatic rings. The number of benzene rings is 1. The molecule has 1 aromatic heterocycles. The third-order valence-electron chi connectivity index (χ3n) is 5.99.